The highest BCUT2D eigenvalue weighted by Gasteiger charge is 2.35. The molecular weight excluding hydrogens is 204 g/mol. The van der Waals surface area contributed by atoms with Crippen molar-refractivity contribution in [2.45, 2.75) is 12.8 Å². The summed E-state index contributed by atoms with van der Waals surface area (Å²) in [6.07, 6.45) is 0. The molecule has 1 heterocycles. The quantitative estimate of drug-likeness (QED) is 0.714. The van der Waals surface area contributed by atoms with Gasteiger partial charge in [0.15, 0.2) is 0 Å². The van der Waals surface area contributed by atoms with Crippen LogP contribution < -0.4 is 0 Å². The Bertz CT molecular complexity index is 387. The summed E-state index contributed by atoms with van der Waals surface area (Å²) in [5.74, 6) is -0.205. The molecule has 0 radical (unpaired) electrons. The number of ether oxygens (including phenoxy) is 2. The number of hydrogen-bond donors (Lipinski definition) is 0. The van der Waals surface area contributed by atoms with E-state index >= 15 is 0 Å². The van der Waals surface area contributed by atoms with Gasteiger partial charge in [0, 0.05) is 5.92 Å². The highest BCUT2D eigenvalue weighted by molar-refractivity contribution is 5.74. The van der Waals surface area contributed by atoms with E-state index < -0.39 is 0 Å². The van der Waals surface area contributed by atoms with Crippen LogP contribution in [0.2, 0.25) is 0 Å². The second-order valence-corrected chi connectivity index (χ2v) is 4.19. The van der Waals surface area contributed by atoms with Gasteiger partial charge in [-0.25, -0.2) is 0 Å². The zero-order chi connectivity index (χ0) is 11.5. The zero-order valence-corrected chi connectivity index (χ0v) is 9.60. The first-order chi connectivity index (χ1) is 7.72. The number of esters is 1. The smallest absolute Gasteiger partial charge is 0.311 e. The Kier molecular flexibility index (Phi) is 3.25. The Morgan fingerprint density at radius 1 is 1.44 bits per heavy atom. The van der Waals surface area contributed by atoms with E-state index in [1.54, 1.807) is 0 Å². The van der Waals surface area contributed by atoms with Gasteiger partial charge in [-0.15, -0.1) is 0 Å². The van der Waals surface area contributed by atoms with Crippen LogP contribution in [0, 0.1) is 12.8 Å². The molecule has 1 aliphatic heterocycles. The van der Waals surface area contributed by atoms with Gasteiger partial charge in [0.25, 0.3) is 0 Å². The van der Waals surface area contributed by atoms with E-state index in [1.165, 1.54) is 12.7 Å². The van der Waals surface area contributed by atoms with E-state index in [9.17, 15) is 4.79 Å². The van der Waals surface area contributed by atoms with E-state index in [0.29, 0.717) is 13.2 Å². The van der Waals surface area contributed by atoms with Gasteiger partial charge >= 0.3 is 5.97 Å². The Morgan fingerprint density at radius 3 is 2.94 bits per heavy atom. The monoisotopic (exact) mass is 220 g/mol. The number of benzene rings is 1. The minimum atomic E-state index is -0.177. The van der Waals surface area contributed by atoms with Crippen LogP contribution in [0.1, 0.15) is 17.0 Å². The van der Waals surface area contributed by atoms with Crippen LogP contribution in [0.5, 0.6) is 0 Å². The molecule has 0 aromatic heterocycles. The molecule has 0 saturated carbocycles. The second-order valence-electron chi connectivity index (χ2n) is 4.19. The van der Waals surface area contributed by atoms with Crippen molar-refractivity contribution in [2.75, 3.05) is 20.3 Å². The SMILES string of the molecule is COC(=O)C1COCC1c1cccc(C)c1. The molecule has 0 spiro atoms. The molecule has 0 aliphatic carbocycles. The van der Waals surface area contributed by atoms with Crippen LogP contribution >= 0.6 is 0 Å². The summed E-state index contributed by atoms with van der Waals surface area (Å²) in [7, 11) is 1.42. The Hall–Kier alpha value is -1.35. The van der Waals surface area contributed by atoms with Crippen molar-refractivity contribution in [3.8, 4) is 0 Å². The van der Waals surface area contributed by atoms with Gasteiger partial charge in [-0.05, 0) is 12.5 Å². The van der Waals surface area contributed by atoms with Gasteiger partial charge in [-0.3, -0.25) is 4.79 Å². The molecule has 1 aromatic rings. The molecule has 16 heavy (non-hydrogen) atoms. The van der Waals surface area contributed by atoms with Crippen molar-refractivity contribution in [3.63, 3.8) is 0 Å². The largest absolute Gasteiger partial charge is 0.469 e. The molecule has 3 nitrogen and oxygen atoms in total. The zero-order valence-electron chi connectivity index (χ0n) is 9.60. The summed E-state index contributed by atoms with van der Waals surface area (Å²) in [4.78, 5) is 11.6. The molecule has 2 atom stereocenters. The number of rotatable bonds is 2. The first-order valence-corrected chi connectivity index (χ1v) is 5.44. The first-order valence-electron chi connectivity index (χ1n) is 5.44. The average molecular weight is 220 g/mol. The standard InChI is InChI=1S/C13H16O3/c1-9-4-3-5-10(6-9)11-7-16-8-12(11)13(14)15-2/h3-6,11-12H,7-8H2,1-2H3. The highest BCUT2D eigenvalue weighted by atomic mass is 16.5. The third-order valence-corrected chi connectivity index (χ3v) is 3.05. The number of carbonyl (C=O) groups excluding carboxylic acids is 1. The van der Waals surface area contributed by atoms with E-state index in [4.69, 9.17) is 9.47 Å². The molecule has 1 saturated heterocycles. The predicted molar refractivity (Wildman–Crippen MR) is 60.2 cm³/mol. The maximum Gasteiger partial charge on any atom is 0.311 e. The first kappa shape index (κ1) is 11.1. The molecule has 0 bridgehead atoms. The third kappa shape index (κ3) is 2.09. The third-order valence-electron chi connectivity index (χ3n) is 3.05. The second kappa shape index (κ2) is 4.66. The van der Waals surface area contributed by atoms with Crippen molar-refractivity contribution in [3.05, 3.63) is 35.4 Å². The lowest BCUT2D eigenvalue weighted by Gasteiger charge is -2.16. The lowest BCUT2D eigenvalue weighted by atomic mass is 9.88. The fourth-order valence-corrected chi connectivity index (χ4v) is 2.17. The van der Waals surface area contributed by atoms with Crippen molar-refractivity contribution in [2.24, 2.45) is 5.92 Å². The van der Waals surface area contributed by atoms with E-state index in [0.717, 1.165) is 5.56 Å². The number of methoxy groups -OCH3 is 1. The van der Waals surface area contributed by atoms with Crippen LogP contribution in [0.15, 0.2) is 24.3 Å². The lowest BCUT2D eigenvalue weighted by Crippen LogP contribution is -2.22. The molecule has 0 N–H and O–H groups in total. The number of carbonyl (C=O) groups is 1. The summed E-state index contributed by atoms with van der Waals surface area (Å²) >= 11 is 0. The van der Waals surface area contributed by atoms with E-state index in [1.807, 2.05) is 25.1 Å². The maximum atomic E-state index is 11.6. The Morgan fingerprint density at radius 2 is 2.25 bits per heavy atom. The summed E-state index contributed by atoms with van der Waals surface area (Å²) in [5, 5.41) is 0. The van der Waals surface area contributed by atoms with E-state index in [-0.39, 0.29) is 17.8 Å². The van der Waals surface area contributed by atoms with Crippen molar-refractivity contribution in [1.29, 1.82) is 0 Å². The Balaban J connectivity index is 2.23. The molecular formula is C13H16O3. The number of hydrogen-bond acceptors (Lipinski definition) is 3. The van der Waals surface area contributed by atoms with Gasteiger partial charge in [0.1, 0.15) is 0 Å². The molecule has 1 fully saturated rings. The normalized spacial score (nSPS) is 24.4. The molecule has 0 amide bonds. The maximum absolute atomic E-state index is 11.6. The van der Waals surface area contributed by atoms with Gasteiger partial charge < -0.3 is 9.47 Å². The molecule has 86 valence electrons. The molecule has 1 aromatic carbocycles. The van der Waals surface area contributed by atoms with Gasteiger partial charge in [0.2, 0.25) is 0 Å². The minimum Gasteiger partial charge on any atom is -0.469 e. The van der Waals surface area contributed by atoms with Crippen LogP contribution in [0.3, 0.4) is 0 Å². The van der Waals surface area contributed by atoms with Crippen LogP contribution in [0.25, 0.3) is 0 Å². The van der Waals surface area contributed by atoms with Crippen LogP contribution in [0.4, 0.5) is 0 Å². The summed E-state index contributed by atoms with van der Waals surface area (Å²) in [6.45, 7) is 3.11. The fourth-order valence-electron chi connectivity index (χ4n) is 2.17. The Labute approximate surface area is 95.4 Å². The van der Waals surface area contributed by atoms with Gasteiger partial charge in [-0.1, -0.05) is 29.8 Å². The molecule has 2 rings (SSSR count). The van der Waals surface area contributed by atoms with Crippen LogP contribution in [-0.2, 0) is 14.3 Å². The van der Waals surface area contributed by atoms with Crippen molar-refractivity contribution >= 4 is 5.97 Å². The summed E-state index contributed by atoms with van der Waals surface area (Å²) in [5.41, 5.74) is 2.36. The lowest BCUT2D eigenvalue weighted by molar-refractivity contribution is -0.145. The van der Waals surface area contributed by atoms with Crippen molar-refractivity contribution in [1.82, 2.24) is 0 Å². The predicted octanol–water partition coefficient (Wildman–Crippen LogP) is 1.90. The van der Waals surface area contributed by atoms with E-state index in [2.05, 4.69) is 6.07 Å². The highest BCUT2D eigenvalue weighted by Crippen LogP contribution is 2.31. The summed E-state index contributed by atoms with van der Waals surface area (Å²) < 4.78 is 10.2. The summed E-state index contributed by atoms with van der Waals surface area (Å²) in [6, 6.07) is 8.21. The molecule has 3 heteroatoms. The van der Waals surface area contributed by atoms with Gasteiger partial charge in [0.05, 0.1) is 26.2 Å². The fraction of sp³-hybridized carbons (Fsp3) is 0.462. The molecule has 1 aliphatic rings. The van der Waals surface area contributed by atoms with Crippen molar-refractivity contribution < 1.29 is 14.3 Å². The molecule has 2 unspecified atom stereocenters. The average Bonchev–Trinajstić information content (AvgIpc) is 2.77. The number of aryl methyl sites for hydroxylation is 1. The topological polar surface area (TPSA) is 35.5 Å². The van der Waals surface area contributed by atoms with Gasteiger partial charge in [-0.2, -0.15) is 0 Å². The minimum absolute atomic E-state index is 0.132. The van der Waals surface area contributed by atoms with Crippen LogP contribution in [-0.4, -0.2) is 26.3 Å².